The Morgan fingerprint density at radius 1 is 0.743 bits per heavy atom. The molecule has 6 saturated heterocycles. The van der Waals surface area contributed by atoms with Crippen LogP contribution in [0.5, 0.6) is 0 Å². The molecular weight excluding hydrogens is 504 g/mol. The SMILES string of the molecule is C.C1CN2CCN1CC2.F[N+]12CC[N+](CCl)(CC1)CC2.F[n+]1ccccc1.[F-].[K+].c1ccncc1. The van der Waals surface area contributed by atoms with Gasteiger partial charge in [-0.15, -0.1) is 4.71 Å². The third kappa shape index (κ3) is 12.3. The second-order valence-corrected chi connectivity index (χ2v) is 9.00. The fraction of sp³-hybridized carbons (Fsp3) is 0.583. The smallest absolute Gasteiger partial charge is 1.00 e. The van der Waals surface area contributed by atoms with E-state index in [0.29, 0.717) is 30.4 Å². The molecule has 6 fully saturated rings. The normalized spacial score (nSPS) is 29.0. The Morgan fingerprint density at radius 2 is 1.14 bits per heavy atom. The van der Waals surface area contributed by atoms with Gasteiger partial charge in [-0.25, -0.2) is 0 Å². The maximum atomic E-state index is 13.5. The molecule has 6 nitrogen and oxygen atoms in total. The van der Waals surface area contributed by atoms with Crippen molar-refractivity contribution in [2.24, 2.45) is 0 Å². The summed E-state index contributed by atoms with van der Waals surface area (Å²) >= 11 is 5.85. The molecule has 0 aromatic carbocycles. The summed E-state index contributed by atoms with van der Waals surface area (Å²) in [4.78, 5) is 9.37. The number of piperazine rings is 6. The molecule has 0 saturated carbocycles. The summed E-state index contributed by atoms with van der Waals surface area (Å²) < 4.78 is 26.1. The summed E-state index contributed by atoms with van der Waals surface area (Å²) in [6.07, 6.45) is 6.17. The van der Waals surface area contributed by atoms with Crippen LogP contribution < -0.4 is 60.9 Å². The second-order valence-electron chi connectivity index (χ2n) is 8.76. The fourth-order valence-electron chi connectivity index (χ4n) is 4.23. The van der Waals surface area contributed by atoms with Crippen LogP contribution >= 0.6 is 11.6 Å². The summed E-state index contributed by atoms with van der Waals surface area (Å²) in [7, 11) is 0. The topological polar surface area (TPSA) is 23.2 Å². The Hall–Kier alpha value is -0.144. The van der Waals surface area contributed by atoms with E-state index in [1.54, 1.807) is 30.6 Å². The van der Waals surface area contributed by atoms with Crippen molar-refractivity contribution in [1.82, 2.24) is 14.8 Å². The number of hydrogen-bond acceptors (Lipinski definition) is 3. The van der Waals surface area contributed by atoms with Crippen LogP contribution in [0.3, 0.4) is 0 Å². The van der Waals surface area contributed by atoms with Gasteiger partial charge in [0, 0.05) is 68.6 Å². The molecule has 11 heteroatoms. The van der Waals surface area contributed by atoms with E-state index in [9.17, 15) is 8.96 Å². The first-order valence-corrected chi connectivity index (χ1v) is 12.0. The number of hydrogen-bond donors (Lipinski definition) is 0. The monoisotopic (exact) mass is 543 g/mol. The average Bonchev–Trinajstić information content (AvgIpc) is 2.89. The largest absolute Gasteiger partial charge is 1.00 e. The van der Waals surface area contributed by atoms with Gasteiger partial charge in [0.05, 0.1) is 4.48 Å². The third-order valence-corrected chi connectivity index (χ3v) is 7.13. The summed E-state index contributed by atoms with van der Waals surface area (Å²) in [6.45, 7) is 12.7. The van der Waals surface area contributed by atoms with Crippen molar-refractivity contribution in [1.29, 1.82) is 0 Å². The molecule has 0 atom stereocenters. The molecule has 0 spiro atoms. The molecule has 0 amide bonds. The van der Waals surface area contributed by atoms with E-state index >= 15 is 0 Å². The van der Waals surface area contributed by atoms with Gasteiger partial charge in [0.15, 0.2) is 25.6 Å². The number of fused-ring (bicyclic) bond motifs is 6. The van der Waals surface area contributed by atoms with Gasteiger partial charge in [-0.05, 0) is 16.6 Å². The molecule has 35 heavy (non-hydrogen) atoms. The van der Waals surface area contributed by atoms with Gasteiger partial charge in [-0.2, -0.15) is 0 Å². The zero-order valence-electron chi connectivity index (χ0n) is 20.2. The minimum Gasteiger partial charge on any atom is -1.00 e. The molecule has 4 bridgehead atoms. The van der Waals surface area contributed by atoms with Crippen molar-refractivity contribution in [3.05, 3.63) is 61.2 Å². The molecule has 2 aromatic rings. The number of nitrogens with zero attached hydrogens (tertiary/aromatic N) is 6. The number of pyridine rings is 2. The van der Waals surface area contributed by atoms with Crippen molar-refractivity contribution < 1.29 is 79.0 Å². The number of rotatable bonds is 1. The molecule has 6 aliphatic rings. The first-order valence-electron chi connectivity index (χ1n) is 11.4. The molecule has 0 aliphatic carbocycles. The van der Waals surface area contributed by atoms with Gasteiger partial charge >= 0.3 is 51.4 Å². The number of quaternary nitrogens is 2. The van der Waals surface area contributed by atoms with Crippen molar-refractivity contribution in [3.63, 3.8) is 0 Å². The first kappa shape index (κ1) is 34.9. The average molecular weight is 544 g/mol. The molecule has 0 unspecified atom stereocenters. The van der Waals surface area contributed by atoms with Gasteiger partial charge < -0.3 is 4.70 Å². The zero-order chi connectivity index (χ0) is 22.7. The van der Waals surface area contributed by atoms with Crippen molar-refractivity contribution in [2.45, 2.75) is 7.43 Å². The third-order valence-electron chi connectivity index (χ3n) is 6.62. The first-order chi connectivity index (χ1) is 15.5. The Kier molecular flexibility index (Phi) is 18.1. The van der Waals surface area contributed by atoms with Crippen LogP contribution in [0.2, 0.25) is 0 Å². The van der Waals surface area contributed by atoms with Crippen LogP contribution in [0.1, 0.15) is 7.43 Å². The predicted octanol–water partition coefficient (Wildman–Crippen LogP) is -3.22. The Bertz CT molecular complexity index is 698. The van der Waals surface area contributed by atoms with E-state index in [4.69, 9.17) is 11.6 Å². The van der Waals surface area contributed by atoms with Crippen molar-refractivity contribution in [3.8, 4) is 0 Å². The van der Waals surface area contributed by atoms with Gasteiger partial charge in [0.1, 0.15) is 19.6 Å². The molecule has 192 valence electrons. The van der Waals surface area contributed by atoms with Gasteiger partial charge in [0.2, 0.25) is 12.4 Å². The zero-order valence-corrected chi connectivity index (χ0v) is 24.0. The van der Waals surface area contributed by atoms with E-state index in [1.165, 1.54) is 51.7 Å². The summed E-state index contributed by atoms with van der Waals surface area (Å²) in [5.74, 6) is 0. The fourth-order valence-corrected chi connectivity index (χ4v) is 4.59. The van der Waals surface area contributed by atoms with E-state index < -0.39 is 0 Å². The van der Waals surface area contributed by atoms with Crippen LogP contribution in [0.15, 0.2) is 61.2 Å². The molecule has 8 heterocycles. The van der Waals surface area contributed by atoms with Crippen LogP contribution in [0, 0.1) is 0 Å². The number of aromatic nitrogens is 2. The Balaban J connectivity index is 0.000000439. The Labute approximate surface area is 256 Å². The second kappa shape index (κ2) is 18.2. The molecule has 0 radical (unpaired) electrons. The molecular formula is C24H40ClF3KN6+3. The molecule has 0 N–H and O–H groups in total. The standard InChI is InChI=1S/C7H14ClFN2.C6H12N2.C5H5FN.C5H5N.CH4.FH.K/c8-7-10-1-4-11(9,5-2-10)6-3-10;1-2-8-5-3-7(1)4-6-8;6-7-4-2-1-3-5-7;1-2-4-6-5-3-1;;;/h1-7H2;1-6H2;1-5H;1-5H;1H4;1H;/q+2;;+1;;;;+1/p-1. The Morgan fingerprint density at radius 3 is 1.37 bits per heavy atom. The van der Waals surface area contributed by atoms with Gasteiger partial charge in [-0.1, -0.05) is 31.2 Å². The van der Waals surface area contributed by atoms with E-state index in [1.807, 2.05) is 18.2 Å². The van der Waals surface area contributed by atoms with Crippen molar-refractivity contribution in [2.75, 3.05) is 84.5 Å². The quantitative estimate of drug-likeness (QED) is 0.124. The van der Waals surface area contributed by atoms with E-state index in [-0.39, 0.29) is 68.2 Å². The maximum Gasteiger partial charge on any atom is 1.00 e. The van der Waals surface area contributed by atoms with Crippen LogP contribution in [0.25, 0.3) is 0 Å². The van der Waals surface area contributed by atoms with E-state index in [2.05, 4.69) is 14.8 Å². The maximum absolute atomic E-state index is 13.5. The predicted molar refractivity (Wildman–Crippen MR) is 129 cm³/mol. The van der Waals surface area contributed by atoms with E-state index in [0.717, 1.165) is 24.1 Å². The molecule has 6 aliphatic heterocycles. The minimum atomic E-state index is -0.198. The molecule has 2 aromatic heterocycles. The van der Waals surface area contributed by atoms with Crippen LogP contribution in [-0.2, 0) is 0 Å². The van der Waals surface area contributed by atoms with Crippen LogP contribution in [0.4, 0.5) is 8.96 Å². The minimum absolute atomic E-state index is 0. The van der Waals surface area contributed by atoms with Gasteiger partial charge in [0.25, 0.3) is 0 Å². The summed E-state index contributed by atoms with van der Waals surface area (Å²) in [6, 6.07) is 11.4. The number of halogens is 4. The van der Waals surface area contributed by atoms with Crippen LogP contribution in [-0.4, -0.2) is 109 Å². The molecule has 8 rings (SSSR count). The van der Waals surface area contributed by atoms with Crippen molar-refractivity contribution >= 4 is 11.6 Å². The number of alkyl halides is 1. The summed E-state index contributed by atoms with van der Waals surface area (Å²) in [5.41, 5.74) is 0. The van der Waals surface area contributed by atoms with Gasteiger partial charge in [-0.3, -0.25) is 19.3 Å². The summed E-state index contributed by atoms with van der Waals surface area (Å²) in [5, 5.41) is 0.